The Hall–Kier alpha value is -0.550. The van der Waals surface area contributed by atoms with Crippen molar-refractivity contribution in [2.24, 2.45) is 0 Å². The predicted octanol–water partition coefficient (Wildman–Crippen LogP) is 4.97. The minimum absolute atomic E-state index is 0.431. The molecule has 2 nitrogen and oxygen atoms in total. The number of fused-ring (bicyclic) bond motifs is 1. The number of hydrogen-bond donors (Lipinski definition) is 1. The quantitative estimate of drug-likeness (QED) is 0.751. The second kappa shape index (κ2) is 5.21. The van der Waals surface area contributed by atoms with Crippen molar-refractivity contribution >= 4 is 50.8 Å². The number of nitrogens with one attached hydrogen (secondary N) is 1. The van der Waals surface area contributed by atoms with Crippen molar-refractivity contribution in [2.75, 3.05) is 12.4 Å². The van der Waals surface area contributed by atoms with Crippen molar-refractivity contribution in [1.29, 1.82) is 0 Å². The van der Waals surface area contributed by atoms with Gasteiger partial charge in [-0.1, -0.05) is 25.4 Å². The molecule has 1 heterocycles. The molecule has 1 N–H and O–H groups in total. The van der Waals surface area contributed by atoms with Crippen LogP contribution in [0.15, 0.2) is 12.1 Å². The topological polar surface area (TPSA) is 24.9 Å². The summed E-state index contributed by atoms with van der Waals surface area (Å²) in [5, 5.41) is 5.17. The first-order chi connectivity index (χ1) is 8.45. The molecular formula is C14H16ClIN2. The largest absolute Gasteiger partial charge is 0.387 e. The van der Waals surface area contributed by atoms with E-state index in [-0.39, 0.29) is 0 Å². The average molecular weight is 375 g/mol. The lowest BCUT2D eigenvalue weighted by molar-refractivity contribution is 0.849. The maximum absolute atomic E-state index is 6.16. The highest BCUT2D eigenvalue weighted by Gasteiger charge is 2.16. The van der Waals surface area contributed by atoms with Crippen LogP contribution in [0.3, 0.4) is 0 Å². The van der Waals surface area contributed by atoms with Crippen LogP contribution in [0.4, 0.5) is 5.69 Å². The zero-order valence-electron chi connectivity index (χ0n) is 10.9. The molecule has 1 aromatic carbocycles. The molecule has 0 saturated heterocycles. The molecule has 2 rings (SSSR count). The Kier molecular flexibility index (Phi) is 4.02. The Morgan fingerprint density at radius 1 is 1.33 bits per heavy atom. The molecule has 0 atom stereocenters. The second-order valence-corrected chi connectivity index (χ2v) is 6.27. The van der Waals surface area contributed by atoms with Gasteiger partial charge in [-0.15, -0.1) is 0 Å². The highest BCUT2D eigenvalue weighted by atomic mass is 127. The van der Waals surface area contributed by atoms with Crippen LogP contribution in [-0.4, -0.2) is 12.0 Å². The van der Waals surface area contributed by atoms with Gasteiger partial charge in [-0.25, -0.2) is 0 Å². The van der Waals surface area contributed by atoms with Crippen LogP contribution in [0.25, 0.3) is 10.9 Å². The van der Waals surface area contributed by atoms with Crippen LogP contribution in [0.1, 0.15) is 31.0 Å². The summed E-state index contributed by atoms with van der Waals surface area (Å²) < 4.78 is 1.09. The van der Waals surface area contributed by atoms with Crippen molar-refractivity contribution in [3.63, 3.8) is 0 Å². The van der Waals surface area contributed by atoms with Crippen molar-refractivity contribution in [1.82, 2.24) is 4.98 Å². The van der Waals surface area contributed by atoms with E-state index in [1.54, 1.807) is 0 Å². The van der Waals surface area contributed by atoms with Gasteiger partial charge in [0.2, 0.25) is 0 Å². The maximum atomic E-state index is 6.16. The summed E-state index contributed by atoms with van der Waals surface area (Å²) in [5.74, 6) is 0.431. The number of hydrogen-bond acceptors (Lipinski definition) is 2. The zero-order chi connectivity index (χ0) is 13.4. The molecule has 0 amide bonds. The molecule has 0 spiro atoms. The first-order valence-electron chi connectivity index (χ1n) is 5.92. The zero-order valence-corrected chi connectivity index (χ0v) is 13.8. The Morgan fingerprint density at radius 3 is 2.56 bits per heavy atom. The van der Waals surface area contributed by atoms with E-state index >= 15 is 0 Å². The van der Waals surface area contributed by atoms with Gasteiger partial charge in [0.25, 0.3) is 0 Å². The Bertz CT molecular complexity index is 609. The summed E-state index contributed by atoms with van der Waals surface area (Å²) in [7, 11) is 1.95. The van der Waals surface area contributed by atoms with Gasteiger partial charge in [0, 0.05) is 32.4 Å². The molecule has 0 saturated carbocycles. The van der Waals surface area contributed by atoms with Gasteiger partial charge in [0.15, 0.2) is 0 Å². The van der Waals surface area contributed by atoms with Crippen LogP contribution in [0.5, 0.6) is 0 Å². The number of aryl methyl sites for hydroxylation is 1. The molecule has 18 heavy (non-hydrogen) atoms. The Balaban J connectivity index is 2.94. The smallest absolute Gasteiger partial charge is 0.0860 e. The molecule has 2 aromatic rings. The fraction of sp³-hybridized carbons (Fsp3) is 0.357. The second-order valence-electron chi connectivity index (χ2n) is 4.67. The molecule has 1 aromatic heterocycles. The van der Waals surface area contributed by atoms with Crippen LogP contribution >= 0.6 is 34.2 Å². The summed E-state index contributed by atoms with van der Waals surface area (Å²) in [4.78, 5) is 4.74. The first-order valence-corrected chi connectivity index (χ1v) is 7.38. The number of nitrogens with zero attached hydrogens (tertiary/aromatic N) is 1. The van der Waals surface area contributed by atoms with Crippen LogP contribution in [0.2, 0.25) is 5.02 Å². The van der Waals surface area contributed by atoms with Crippen LogP contribution < -0.4 is 5.32 Å². The average Bonchev–Trinajstić information content (AvgIpc) is 2.28. The molecule has 0 bridgehead atoms. The van der Waals surface area contributed by atoms with Gasteiger partial charge in [-0.2, -0.15) is 0 Å². The first kappa shape index (κ1) is 13.9. The Morgan fingerprint density at radius 2 is 2.00 bits per heavy atom. The van der Waals surface area contributed by atoms with E-state index in [0.29, 0.717) is 5.92 Å². The van der Waals surface area contributed by atoms with Gasteiger partial charge in [-0.05, 0) is 53.1 Å². The fourth-order valence-electron chi connectivity index (χ4n) is 2.40. The fourth-order valence-corrected chi connectivity index (χ4v) is 3.55. The molecule has 0 unspecified atom stereocenters. The monoisotopic (exact) mass is 374 g/mol. The number of rotatable bonds is 2. The van der Waals surface area contributed by atoms with Crippen LogP contribution in [-0.2, 0) is 0 Å². The molecule has 0 fully saturated rings. The van der Waals surface area contributed by atoms with E-state index in [1.165, 1.54) is 5.56 Å². The summed E-state index contributed by atoms with van der Waals surface area (Å²) in [6.07, 6.45) is 0. The van der Waals surface area contributed by atoms with Gasteiger partial charge in [0.1, 0.15) is 0 Å². The van der Waals surface area contributed by atoms with Gasteiger partial charge in [-0.3, -0.25) is 4.98 Å². The summed E-state index contributed by atoms with van der Waals surface area (Å²) in [6, 6.07) is 3.94. The normalized spacial score (nSPS) is 11.3. The highest BCUT2D eigenvalue weighted by Crippen LogP contribution is 2.36. The van der Waals surface area contributed by atoms with Crippen molar-refractivity contribution in [2.45, 2.75) is 26.7 Å². The third kappa shape index (κ3) is 2.30. The molecule has 96 valence electrons. The van der Waals surface area contributed by atoms with E-state index in [9.17, 15) is 0 Å². The number of benzene rings is 1. The van der Waals surface area contributed by atoms with E-state index in [1.807, 2.05) is 19.2 Å². The van der Waals surface area contributed by atoms with Crippen molar-refractivity contribution in [3.8, 4) is 0 Å². The van der Waals surface area contributed by atoms with E-state index in [2.05, 4.69) is 48.7 Å². The van der Waals surface area contributed by atoms with Crippen molar-refractivity contribution in [3.05, 3.63) is 32.0 Å². The number of aromatic nitrogens is 1. The number of anilines is 1. The molecular weight excluding hydrogens is 359 g/mol. The third-order valence-corrected chi connectivity index (χ3v) is 4.10. The third-order valence-electron chi connectivity index (χ3n) is 3.06. The molecule has 0 aliphatic heterocycles. The van der Waals surface area contributed by atoms with Gasteiger partial charge >= 0.3 is 0 Å². The lowest BCUT2D eigenvalue weighted by Gasteiger charge is -2.18. The maximum Gasteiger partial charge on any atom is 0.0860 e. The van der Waals surface area contributed by atoms with E-state index in [4.69, 9.17) is 16.6 Å². The SMILES string of the molecule is CNc1c(C(C)C)c(C)nc2c(I)cc(Cl)cc12. The van der Waals surface area contributed by atoms with Crippen LogP contribution in [0, 0.1) is 10.5 Å². The van der Waals surface area contributed by atoms with Crippen molar-refractivity contribution < 1.29 is 0 Å². The molecule has 4 heteroatoms. The lowest BCUT2D eigenvalue weighted by atomic mass is 9.97. The minimum Gasteiger partial charge on any atom is -0.387 e. The number of pyridine rings is 1. The summed E-state index contributed by atoms with van der Waals surface area (Å²) >= 11 is 8.45. The van der Waals surface area contributed by atoms with Gasteiger partial charge < -0.3 is 5.32 Å². The van der Waals surface area contributed by atoms with E-state index in [0.717, 1.165) is 30.9 Å². The van der Waals surface area contributed by atoms with E-state index < -0.39 is 0 Å². The lowest BCUT2D eigenvalue weighted by Crippen LogP contribution is -2.04. The molecule has 0 aliphatic rings. The van der Waals surface area contributed by atoms with Gasteiger partial charge in [0.05, 0.1) is 5.52 Å². The molecule has 0 aliphatic carbocycles. The summed E-state index contributed by atoms with van der Waals surface area (Å²) in [6.45, 7) is 6.44. The Labute approximate surface area is 126 Å². The standard InChI is InChI=1S/C14H16ClIN2/c1-7(2)12-8(3)18-13-10(14(12)17-4)5-9(15)6-11(13)16/h5-7H,1-4H3,(H,17,18). The predicted molar refractivity (Wildman–Crippen MR) is 87.8 cm³/mol. The highest BCUT2D eigenvalue weighted by molar-refractivity contribution is 14.1. The summed E-state index contributed by atoms with van der Waals surface area (Å²) in [5.41, 5.74) is 4.52. The minimum atomic E-state index is 0.431. The molecule has 0 radical (unpaired) electrons. The number of halogens is 2.